The Labute approximate surface area is 177 Å². The summed E-state index contributed by atoms with van der Waals surface area (Å²) in [7, 11) is 1.95. The topological polar surface area (TPSA) is 23.6 Å². The third-order valence-corrected chi connectivity index (χ3v) is 5.96. The van der Waals surface area contributed by atoms with Gasteiger partial charge in [0.05, 0.1) is 0 Å². The van der Waals surface area contributed by atoms with Crippen molar-refractivity contribution in [3.63, 3.8) is 0 Å². The van der Waals surface area contributed by atoms with E-state index in [0.29, 0.717) is 5.92 Å². The predicted octanol–water partition coefficient (Wildman–Crippen LogP) is 5.88. The molecule has 0 bridgehead atoms. The summed E-state index contributed by atoms with van der Waals surface area (Å²) in [6, 6.07) is 17.2. The third-order valence-electron chi connectivity index (χ3n) is 5.96. The lowest BCUT2D eigenvalue weighted by Crippen LogP contribution is -2.47. The fraction of sp³-hybridized carbons (Fsp3) is 0.500. The highest BCUT2D eigenvalue weighted by atomic mass is 16.2. The summed E-state index contributed by atoms with van der Waals surface area (Å²) in [6.07, 6.45) is 2.39. The molecule has 29 heavy (non-hydrogen) atoms. The Morgan fingerprint density at radius 3 is 2.38 bits per heavy atom. The molecule has 0 N–H and O–H groups in total. The van der Waals surface area contributed by atoms with Gasteiger partial charge in [0, 0.05) is 37.7 Å². The molecule has 0 aromatic heterocycles. The van der Waals surface area contributed by atoms with Crippen LogP contribution in [0, 0.1) is 6.92 Å². The van der Waals surface area contributed by atoms with Crippen molar-refractivity contribution in [2.45, 2.75) is 66.0 Å². The van der Waals surface area contributed by atoms with Gasteiger partial charge in [-0.05, 0) is 43.5 Å². The smallest absolute Gasteiger partial charge is 0.254 e. The molecule has 0 saturated heterocycles. The molecule has 1 aliphatic rings. The molecule has 2 aromatic rings. The summed E-state index contributed by atoms with van der Waals surface area (Å²) in [6.45, 7) is 13.5. The number of carbonyl (C=O) groups excluding carboxylic acids is 1. The van der Waals surface area contributed by atoms with E-state index >= 15 is 0 Å². The van der Waals surface area contributed by atoms with E-state index in [1.807, 2.05) is 25.8 Å². The minimum absolute atomic E-state index is 0.162. The number of nitrogens with zero attached hydrogens (tertiary/aromatic N) is 2. The molecule has 158 valence electrons. The lowest BCUT2D eigenvalue weighted by molar-refractivity contribution is 0.0665. The quantitative estimate of drug-likeness (QED) is 0.585. The van der Waals surface area contributed by atoms with Gasteiger partial charge in [-0.1, -0.05) is 75.7 Å². The van der Waals surface area contributed by atoms with Crippen LogP contribution in [0.15, 0.2) is 48.5 Å². The second kappa shape index (κ2) is 11.2. The molecular formula is C26H38N2O. The maximum absolute atomic E-state index is 12.9. The molecule has 0 radical (unpaired) electrons. The fourth-order valence-corrected chi connectivity index (χ4v) is 4.17. The van der Waals surface area contributed by atoms with Crippen molar-refractivity contribution in [1.82, 2.24) is 9.80 Å². The van der Waals surface area contributed by atoms with E-state index in [4.69, 9.17) is 0 Å². The molecule has 1 amide bonds. The molecule has 0 aliphatic carbocycles. The Morgan fingerprint density at radius 1 is 1.03 bits per heavy atom. The molecule has 2 atom stereocenters. The van der Waals surface area contributed by atoms with Gasteiger partial charge in [-0.15, -0.1) is 0 Å². The maximum Gasteiger partial charge on any atom is 0.254 e. The summed E-state index contributed by atoms with van der Waals surface area (Å²) < 4.78 is 0. The van der Waals surface area contributed by atoms with Crippen molar-refractivity contribution in [2.24, 2.45) is 0 Å². The zero-order chi connectivity index (χ0) is 21.4. The number of aryl methyl sites for hydroxylation is 1. The van der Waals surface area contributed by atoms with Gasteiger partial charge < -0.3 is 4.90 Å². The van der Waals surface area contributed by atoms with Crippen LogP contribution in [0.5, 0.6) is 0 Å². The van der Waals surface area contributed by atoms with Crippen LogP contribution in [-0.2, 0) is 6.54 Å². The Kier molecular flexibility index (Phi) is 8.91. The van der Waals surface area contributed by atoms with Crippen LogP contribution in [0.2, 0.25) is 0 Å². The number of hydrogen-bond acceptors (Lipinski definition) is 2. The first-order valence-corrected chi connectivity index (χ1v) is 11.2. The van der Waals surface area contributed by atoms with Crippen molar-refractivity contribution in [3.8, 4) is 0 Å². The fourth-order valence-electron chi connectivity index (χ4n) is 4.17. The standard InChI is InChI=1S/C24H32N2O.C2H6/c1-5-6-15-26(16-20-12-8-7-9-13-20)17-22-19(3)25(4)24(27)23-18(2)11-10-14-21(22)23;1-2/h7-14,19,22H,5-6,15-17H2,1-4H3;1-2H3. The van der Waals surface area contributed by atoms with Crippen LogP contribution in [0.1, 0.15) is 73.5 Å². The zero-order valence-corrected chi connectivity index (χ0v) is 19.1. The van der Waals surface area contributed by atoms with Gasteiger partial charge in [0.1, 0.15) is 0 Å². The van der Waals surface area contributed by atoms with Gasteiger partial charge in [-0.2, -0.15) is 0 Å². The number of fused-ring (bicyclic) bond motifs is 1. The molecule has 1 heterocycles. The summed E-state index contributed by atoms with van der Waals surface area (Å²) in [5, 5.41) is 0. The lowest BCUT2D eigenvalue weighted by Gasteiger charge is -2.41. The molecule has 0 saturated carbocycles. The number of amides is 1. The first-order valence-electron chi connectivity index (χ1n) is 11.2. The van der Waals surface area contributed by atoms with Crippen LogP contribution >= 0.6 is 0 Å². The van der Waals surface area contributed by atoms with E-state index in [-0.39, 0.29) is 11.9 Å². The summed E-state index contributed by atoms with van der Waals surface area (Å²) in [5.74, 6) is 0.498. The Balaban J connectivity index is 0.00000145. The molecule has 0 fully saturated rings. The van der Waals surface area contributed by atoms with Gasteiger partial charge in [0.15, 0.2) is 0 Å². The van der Waals surface area contributed by atoms with Crippen molar-refractivity contribution < 1.29 is 4.79 Å². The average molecular weight is 395 g/mol. The molecule has 3 nitrogen and oxygen atoms in total. The number of benzene rings is 2. The molecular weight excluding hydrogens is 356 g/mol. The monoisotopic (exact) mass is 394 g/mol. The molecule has 3 heteroatoms. The molecule has 3 rings (SSSR count). The number of hydrogen-bond donors (Lipinski definition) is 0. The second-order valence-corrected chi connectivity index (χ2v) is 7.88. The van der Waals surface area contributed by atoms with E-state index in [0.717, 1.165) is 30.8 Å². The van der Waals surface area contributed by atoms with Crippen molar-refractivity contribution in [1.29, 1.82) is 0 Å². The molecule has 1 aliphatic heterocycles. The largest absolute Gasteiger partial charge is 0.338 e. The average Bonchev–Trinajstić information content (AvgIpc) is 2.75. The van der Waals surface area contributed by atoms with Gasteiger partial charge in [0.2, 0.25) is 0 Å². The highest BCUT2D eigenvalue weighted by Gasteiger charge is 2.36. The van der Waals surface area contributed by atoms with Crippen LogP contribution in [0.4, 0.5) is 0 Å². The SMILES string of the molecule is CC.CCCCN(Cc1ccccc1)CC1c2cccc(C)c2C(=O)N(C)C1C. The van der Waals surface area contributed by atoms with Gasteiger partial charge in [-0.25, -0.2) is 0 Å². The Hall–Kier alpha value is -2.13. The minimum Gasteiger partial charge on any atom is -0.338 e. The Morgan fingerprint density at radius 2 is 1.72 bits per heavy atom. The summed E-state index contributed by atoms with van der Waals surface area (Å²) >= 11 is 0. The first kappa shape index (κ1) is 23.2. The predicted molar refractivity (Wildman–Crippen MR) is 123 cm³/mol. The van der Waals surface area contributed by atoms with E-state index in [1.165, 1.54) is 24.0 Å². The highest BCUT2D eigenvalue weighted by molar-refractivity contribution is 5.98. The van der Waals surface area contributed by atoms with Crippen LogP contribution in [0.25, 0.3) is 0 Å². The van der Waals surface area contributed by atoms with E-state index in [2.05, 4.69) is 74.2 Å². The first-order chi connectivity index (χ1) is 14.0. The lowest BCUT2D eigenvalue weighted by atomic mass is 9.81. The minimum atomic E-state index is 0.162. The van der Waals surface area contributed by atoms with Gasteiger partial charge >= 0.3 is 0 Å². The van der Waals surface area contributed by atoms with Crippen molar-refractivity contribution >= 4 is 5.91 Å². The van der Waals surface area contributed by atoms with Crippen LogP contribution in [-0.4, -0.2) is 41.9 Å². The van der Waals surface area contributed by atoms with Gasteiger partial charge in [0.25, 0.3) is 5.91 Å². The molecule has 0 spiro atoms. The Bertz CT molecular complexity index is 772. The van der Waals surface area contributed by atoms with Crippen LogP contribution in [0.3, 0.4) is 0 Å². The molecule has 2 unspecified atom stereocenters. The number of carbonyl (C=O) groups is 1. The number of unbranched alkanes of at least 4 members (excludes halogenated alkanes) is 1. The highest BCUT2D eigenvalue weighted by Crippen LogP contribution is 2.35. The maximum atomic E-state index is 12.9. The van der Waals surface area contributed by atoms with E-state index in [9.17, 15) is 4.79 Å². The summed E-state index contributed by atoms with van der Waals surface area (Å²) in [4.78, 5) is 17.4. The number of likely N-dealkylation sites (N-methyl/N-ethyl adjacent to an activating group) is 1. The number of rotatable bonds is 7. The summed E-state index contributed by atoms with van der Waals surface area (Å²) in [5.41, 5.74) is 4.58. The van der Waals surface area contributed by atoms with Crippen LogP contribution < -0.4 is 0 Å². The van der Waals surface area contributed by atoms with E-state index in [1.54, 1.807) is 0 Å². The third kappa shape index (κ3) is 5.48. The second-order valence-electron chi connectivity index (χ2n) is 7.88. The normalized spacial score (nSPS) is 18.3. The molecule has 2 aromatic carbocycles. The van der Waals surface area contributed by atoms with E-state index < -0.39 is 0 Å². The van der Waals surface area contributed by atoms with Crippen molar-refractivity contribution in [3.05, 3.63) is 70.8 Å². The van der Waals surface area contributed by atoms with Gasteiger partial charge in [-0.3, -0.25) is 9.69 Å². The zero-order valence-electron chi connectivity index (χ0n) is 19.1. The van der Waals surface area contributed by atoms with Crippen molar-refractivity contribution in [2.75, 3.05) is 20.1 Å².